The minimum absolute atomic E-state index is 0.0246. The summed E-state index contributed by atoms with van der Waals surface area (Å²) in [5.74, 6) is 0. The maximum absolute atomic E-state index is 8.59. The number of hydrogen-bond acceptors (Lipinski definition) is 3. The van der Waals surface area contributed by atoms with E-state index >= 15 is 0 Å². The molecule has 0 rings (SSSR count). The van der Waals surface area contributed by atoms with E-state index in [1.165, 1.54) is 0 Å². The fourth-order valence-corrected chi connectivity index (χ4v) is 0.820. The van der Waals surface area contributed by atoms with E-state index in [2.05, 4.69) is 0 Å². The summed E-state index contributed by atoms with van der Waals surface area (Å²) >= 11 is 0. The quantitative estimate of drug-likeness (QED) is 0.380. The largest absolute Gasteiger partial charge is 0.437 e. The Balaban J connectivity index is 2.88. The molecule has 0 saturated heterocycles. The molecule has 0 spiro atoms. The molecule has 0 aliphatic carbocycles. The second-order valence-corrected chi connectivity index (χ2v) is 3.34. The molecule has 1 unspecified atom stereocenters. The average molecular weight is 149 g/mol. The second-order valence-electron chi connectivity index (χ2n) is 1.93. The van der Waals surface area contributed by atoms with Gasteiger partial charge in [-0.2, -0.15) is 0 Å². The van der Waals surface area contributed by atoms with Crippen LogP contribution < -0.4 is 5.73 Å². The molecule has 0 aliphatic heterocycles. The van der Waals surface area contributed by atoms with Crippen molar-refractivity contribution in [3.8, 4) is 0 Å². The molecule has 56 valence electrons. The summed E-state index contributed by atoms with van der Waals surface area (Å²) in [5, 5.41) is 0. The normalized spacial score (nSPS) is 15.0. The molecular formula is C5H15NO2Si. The van der Waals surface area contributed by atoms with Crippen LogP contribution in [0.15, 0.2) is 0 Å². The molecule has 0 aromatic heterocycles. The van der Waals surface area contributed by atoms with Gasteiger partial charge in [-0.15, -0.1) is 0 Å². The van der Waals surface area contributed by atoms with E-state index in [1.807, 2.05) is 6.92 Å². The zero-order valence-electron chi connectivity index (χ0n) is 5.84. The first-order valence-electron chi connectivity index (χ1n) is 3.25. The van der Waals surface area contributed by atoms with Gasteiger partial charge in [0.15, 0.2) is 9.76 Å². The van der Waals surface area contributed by atoms with Gasteiger partial charge < -0.3 is 15.3 Å². The lowest BCUT2D eigenvalue weighted by Gasteiger charge is -2.05. The van der Waals surface area contributed by atoms with Gasteiger partial charge in [0.05, 0.1) is 0 Å². The summed E-state index contributed by atoms with van der Waals surface area (Å²) in [6.45, 7) is 3.37. The smallest absolute Gasteiger partial charge is 0.173 e. The van der Waals surface area contributed by atoms with Crippen molar-refractivity contribution in [2.45, 2.75) is 19.0 Å². The van der Waals surface area contributed by atoms with Crippen LogP contribution in [0.4, 0.5) is 0 Å². The molecule has 0 fully saturated rings. The van der Waals surface area contributed by atoms with E-state index in [9.17, 15) is 0 Å². The lowest BCUT2D eigenvalue weighted by atomic mass is 10.4. The molecule has 3 nitrogen and oxygen atoms in total. The van der Waals surface area contributed by atoms with Crippen molar-refractivity contribution in [3.05, 3.63) is 0 Å². The third-order valence-corrected chi connectivity index (χ3v) is 1.95. The van der Waals surface area contributed by atoms with Crippen LogP contribution in [-0.2, 0) is 4.74 Å². The lowest BCUT2D eigenvalue weighted by Crippen LogP contribution is -2.28. The molecule has 3 N–H and O–H groups in total. The van der Waals surface area contributed by atoms with Gasteiger partial charge in [0.1, 0.15) is 0 Å². The van der Waals surface area contributed by atoms with Crippen molar-refractivity contribution >= 4 is 9.76 Å². The van der Waals surface area contributed by atoms with Crippen LogP contribution in [0.25, 0.3) is 0 Å². The first-order valence-corrected chi connectivity index (χ1v) is 4.70. The molecular weight excluding hydrogens is 134 g/mol. The van der Waals surface area contributed by atoms with Gasteiger partial charge in [-0.1, -0.05) is 0 Å². The Morgan fingerprint density at radius 2 is 2.44 bits per heavy atom. The predicted octanol–water partition coefficient (Wildman–Crippen LogP) is -1.23. The highest BCUT2D eigenvalue weighted by Gasteiger charge is 1.98. The van der Waals surface area contributed by atoms with Crippen molar-refractivity contribution in [1.82, 2.24) is 0 Å². The Morgan fingerprint density at radius 1 is 1.78 bits per heavy atom. The lowest BCUT2D eigenvalue weighted by molar-refractivity contribution is 0.143. The highest BCUT2D eigenvalue weighted by Crippen LogP contribution is 1.85. The Labute approximate surface area is 58.1 Å². The first-order chi connectivity index (χ1) is 4.31. The third kappa shape index (κ3) is 5.98. The number of hydrogen-bond donors (Lipinski definition) is 2. The third-order valence-electron chi connectivity index (χ3n) is 1.07. The van der Waals surface area contributed by atoms with Gasteiger partial charge in [0.2, 0.25) is 0 Å². The van der Waals surface area contributed by atoms with Gasteiger partial charge in [-0.25, -0.2) is 0 Å². The molecule has 0 aromatic rings. The van der Waals surface area contributed by atoms with Gasteiger partial charge in [-0.3, -0.25) is 0 Å². The first kappa shape index (κ1) is 9.10. The fraction of sp³-hybridized carbons (Fsp3) is 1.00. The summed E-state index contributed by atoms with van der Waals surface area (Å²) in [5.41, 5.74) is 5.47. The van der Waals surface area contributed by atoms with E-state index in [4.69, 9.17) is 15.3 Å². The Hall–Kier alpha value is 0.0969. The minimum atomic E-state index is -0.992. The van der Waals surface area contributed by atoms with Crippen LogP contribution in [0.3, 0.4) is 0 Å². The Kier molecular flexibility index (Phi) is 6.29. The summed E-state index contributed by atoms with van der Waals surface area (Å²) < 4.78 is 5.04. The Morgan fingerprint density at radius 3 is 2.89 bits per heavy atom. The molecule has 0 radical (unpaired) electrons. The van der Waals surface area contributed by atoms with Gasteiger partial charge in [0, 0.05) is 18.9 Å². The van der Waals surface area contributed by atoms with Crippen molar-refractivity contribution < 1.29 is 9.53 Å². The molecule has 0 aromatic carbocycles. The zero-order chi connectivity index (χ0) is 7.11. The molecule has 4 heteroatoms. The summed E-state index contributed by atoms with van der Waals surface area (Å²) in [6, 6.07) is 0. The van der Waals surface area contributed by atoms with E-state index < -0.39 is 9.76 Å². The van der Waals surface area contributed by atoms with Crippen LogP contribution in [0.5, 0.6) is 0 Å². The molecule has 0 amide bonds. The van der Waals surface area contributed by atoms with Gasteiger partial charge in [-0.05, 0) is 13.3 Å². The van der Waals surface area contributed by atoms with Gasteiger partial charge >= 0.3 is 0 Å². The topological polar surface area (TPSA) is 55.5 Å². The molecule has 0 heterocycles. The molecule has 1 atom stereocenters. The van der Waals surface area contributed by atoms with Crippen LogP contribution in [0.2, 0.25) is 0 Å². The molecule has 0 aliphatic rings. The number of rotatable bonds is 5. The minimum Gasteiger partial charge on any atom is -0.437 e. The van der Waals surface area contributed by atoms with Crippen molar-refractivity contribution in [3.63, 3.8) is 0 Å². The van der Waals surface area contributed by atoms with Crippen LogP contribution >= 0.6 is 0 Å². The molecule has 9 heavy (non-hydrogen) atoms. The maximum Gasteiger partial charge on any atom is 0.173 e. The van der Waals surface area contributed by atoms with E-state index in [1.54, 1.807) is 0 Å². The fourth-order valence-electron chi connectivity index (χ4n) is 0.470. The standard InChI is InChI=1S/C5H15NO2Si/c1-2-8-4-3-5(6)9-7/h5,7H,2-4,6,9H2,1H3. The monoisotopic (exact) mass is 149 g/mol. The van der Waals surface area contributed by atoms with E-state index in [0.29, 0.717) is 6.61 Å². The predicted molar refractivity (Wildman–Crippen MR) is 39.8 cm³/mol. The van der Waals surface area contributed by atoms with Crippen LogP contribution in [0, 0.1) is 0 Å². The number of nitrogens with two attached hydrogens (primary N) is 1. The highest BCUT2D eigenvalue weighted by molar-refractivity contribution is 6.27. The number of ether oxygens (including phenoxy) is 1. The van der Waals surface area contributed by atoms with Crippen molar-refractivity contribution in [2.75, 3.05) is 13.2 Å². The maximum atomic E-state index is 8.59. The second kappa shape index (κ2) is 6.22. The summed E-state index contributed by atoms with van der Waals surface area (Å²) in [4.78, 5) is 8.59. The Bertz CT molecular complexity index is 62.9. The zero-order valence-corrected chi connectivity index (χ0v) is 7.25. The molecule has 0 saturated carbocycles. The van der Waals surface area contributed by atoms with Gasteiger partial charge in [0.25, 0.3) is 0 Å². The molecule has 0 bridgehead atoms. The SMILES string of the molecule is CCOCCC(N)[SiH2]O. The highest BCUT2D eigenvalue weighted by atomic mass is 28.2. The summed E-state index contributed by atoms with van der Waals surface area (Å²) in [7, 11) is -0.992. The summed E-state index contributed by atoms with van der Waals surface area (Å²) in [6.07, 6.45) is 0.802. The average Bonchev–Trinajstić information content (AvgIpc) is 1.89. The van der Waals surface area contributed by atoms with Crippen LogP contribution in [0.1, 0.15) is 13.3 Å². The van der Waals surface area contributed by atoms with Crippen LogP contribution in [-0.4, -0.2) is 33.4 Å². The van der Waals surface area contributed by atoms with E-state index in [0.717, 1.165) is 13.0 Å². The van der Waals surface area contributed by atoms with Crippen molar-refractivity contribution in [2.24, 2.45) is 5.73 Å². The van der Waals surface area contributed by atoms with E-state index in [-0.39, 0.29) is 5.67 Å². The van der Waals surface area contributed by atoms with Crippen molar-refractivity contribution in [1.29, 1.82) is 0 Å².